The Kier molecular flexibility index (Phi) is 10.8. The molecule has 0 heterocycles. The maximum Gasteiger partial charge on any atom is 0.160 e. The van der Waals surface area contributed by atoms with Gasteiger partial charge < -0.3 is 30.5 Å². The Morgan fingerprint density at radius 1 is 0.971 bits per heavy atom. The number of hydrogen-bond acceptors (Lipinski definition) is 6. The molecule has 0 aromatic heterocycles. The first-order valence-corrected chi connectivity index (χ1v) is 13.0. The molecule has 1 atom stereocenters. The zero-order valence-corrected chi connectivity index (χ0v) is 21.0. The van der Waals surface area contributed by atoms with Crippen LogP contribution in [-0.2, 0) is 12.8 Å². The Morgan fingerprint density at radius 3 is 2.62 bits per heavy atom. The largest absolute Gasteiger partial charge is 0.504 e. The number of benzene rings is 2. The van der Waals surface area contributed by atoms with Crippen molar-refractivity contribution < 1.29 is 14.9 Å². The highest BCUT2D eigenvalue weighted by Crippen LogP contribution is 2.36. The third-order valence-electron chi connectivity index (χ3n) is 6.84. The maximum atomic E-state index is 10.2. The van der Waals surface area contributed by atoms with E-state index >= 15 is 0 Å². The fraction of sp³-hybridized carbons (Fsp3) is 0.571. The molecule has 6 nitrogen and oxygen atoms in total. The van der Waals surface area contributed by atoms with E-state index in [4.69, 9.17) is 4.74 Å². The number of methoxy groups -OCH3 is 1. The van der Waals surface area contributed by atoms with Crippen LogP contribution in [0.5, 0.6) is 17.2 Å². The molecule has 2 aromatic rings. The average molecular weight is 470 g/mol. The van der Waals surface area contributed by atoms with Crippen molar-refractivity contribution in [1.82, 2.24) is 10.2 Å². The number of phenolic OH excluding ortho intramolecular Hbond substituents is 2. The summed E-state index contributed by atoms with van der Waals surface area (Å²) >= 11 is 0. The van der Waals surface area contributed by atoms with Gasteiger partial charge in [0.05, 0.1) is 12.8 Å². The lowest BCUT2D eigenvalue weighted by molar-refractivity contribution is 0.175. The van der Waals surface area contributed by atoms with Crippen molar-refractivity contribution in [3.8, 4) is 17.2 Å². The van der Waals surface area contributed by atoms with Gasteiger partial charge in [-0.25, -0.2) is 0 Å². The second kappa shape index (κ2) is 14.1. The van der Waals surface area contributed by atoms with Gasteiger partial charge in [0, 0.05) is 24.7 Å². The van der Waals surface area contributed by atoms with Crippen LogP contribution in [0.1, 0.15) is 56.6 Å². The van der Waals surface area contributed by atoms with Gasteiger partial charge in [-0.1, -0.05) is 38.0 Å². The number of ether oxygens (including phenoxy) is 1. The number of anilines is 1. The summed E-state index contributed by atoms with van der Waals surface area (Å²) in [5.41, 5.74) is 3.18. The summed E-state index contributed by atoms with van der Waals surface area (Å²) in [7, 11) is 1.70. The fourth-order valence-corrected chi connectivity index (χ4v) is 5.00. The molecule has 0 unspecified atom stereocenters. The lowest BCUT2D eigenvalue weighted by atomic mass is 9.86. The predicted octanol–water partition coefficient (Wildman–Crippen LogP) is 4.94. The van der Waals surface area contributed by atoms with Gasteiger partial charge in [-0.15, -0.1) is 0 Å². The van der Waals surface area contributed by atoms with Crippen LogP contribution >= 0.6 is 0 Å². The number of hydrogen-bond donors (Lipinski definition) is 4. The minimum Gasteiger partial charge on any atom is -0.504 e. The number of phenols is 2. The topological polar surface area (TPSA) is 77.0 Å². The van der Waals surface area contributed by atoms with Crippen LogP contribution in [0.25, 0.3) is 0 Å². The monoisotopic (exact) mass is 469 g/mol. The maximum absolute atomic E-state index is 10.2. The lowest BCUT2D eigenvalue weighted by Crippen LogP contribution is -2.40. The molecular weight excluding hydrogens is 426 g/mol. The quantitative estimate of drug-likeness (QED) is 0.219. The number of nitrogens with one attached hydrogen (secondary N) is 2. The molecule has 34 heavy (non-hydrogen) atoms. The Bertz CT molecular complexity index is 874. The zero-order valence-electron chi connectivity index (χ0n) is 21.0. The average Bonchev–Trinajstić information content (AvgIpc) is 2.86. The first-order chi connectivity index (χ1) is 16.6. The summed E-state index contributed by atoms with van der Waals surface area (Å²) in [5.74, 6) is 0.974. The van der Waals surface area contributed by atoms with Gasteiger partial charge in [0.1, 0.15) is 5.75 Å². The summed E-state index contributed by atoms with van der Waals surface area (Å²) in [6.07, 6.45) is 9.00. The third-order valence-corrected chi connectivity index (χ3v) is 6.84. The smallest absolute Gasteiger partial charge is 0.160 e. The number of nitrogens with zero attached hydrogens (tertiary/aromatic N) is 1. The van der Waals surface area contributed by atoms with Crippen LogP contribution in [0.3, 0.4) is 0 Å². The van der Waals surface area contributed by atoms with Crippen molar-refractivity contribution >= 4 is 5.69 Å². The summed E-state index contributed by atoms with van der Waals surface area (Å²) in [6.45, 7) is 7.41. The molecule has 0 radical (unpaired) electrons. The van der Waals surface area contributed by atoms with Crippen molar-refractivity contribution in [3.63, 3.8) is 0 Å². The van der Waals surface area contributed by atoms with Crippen LogP contribution in [0, 0.1) is 0 Å². The van der Waals surface area contributed by atoms with E-state index in [-0.39, 0.29) is 11.5 Å². The molecule has 0 bridgehead atoms. The molecule has 188 valence electrons. The van der Waals surface area contributed by atoms with Crippen LogP contribution in [0.2, 0.25) is 0 Å². The summed E-state index contributed by atoms with van der Waals surface area (Å²) in [5, 5.41) is 26.9. The molecule has 6 heteroatoms. The van der Waals surface area contributed by atoms with Gasteiger partial charge >= 0.3 is 0 Å². The summed E-state index contributed by atoms with van der Waals surface area (Å²) < 4.78 is 5.37. The molecule has 4 N–H and O–H groups in total. The predicted molar refractivity (Wildman–Crippen MR) is 140 cm³/mol. The first kappa shape index (κ1) is 26.2. The highest BCUT2D eigenvalue weighted by Gasteiger charge is 2.26. The van der Waals surface area contributed by atoms with Gasteiger partial charge in [0.25, 0.3) is 0 Å². The Balaban J connectivity index is 1.28. The zero-order chi connectivity index (χ0) is 24.2. The Labute approximate surface area is 205 Å². The molecule has 0 spiro atoms. The Hall–Kier alpha value is -2.44. The molecule has 0 saturated carbocycles. The molecule has 2 aromatic carbocycles. The third kappa shape index (κ3) is 7.54. The summed E-state index contributed by atoms with van der Waals surface area (Å²) in [4.78, 5) is 2.65. The number of fused-ring (bicyclic) bond motifs is 1. The number of para-hydroxylation sites is 2. The molecule has 3 rings (SSSR count). The number of aromatic hydroxyl groups is 2. The van der Waals surface area contributed by atoms with E-state index in [2.05, 4.69) is 22.5 Å². The normalized spacial score (nSPS) is 15.3. The minimum atomic E-state index is 0.00444. The van der Waals surface area contributed by atoms with Gasteiger partial charge in [0.2, 0.25) is 0 Å². The summed E-state index contributed by atoms with van der Waals surface area (Å²) in [6, 6.07) is 12.2. The van der Waals surface area contributed by atoms with Crippen molar-refractivity contribution in [2.24, 2.45) is 0 Å². The van der Waals surface area contributed by atoms with Crippen molar-refractivity contribution in [2.75, 3.05) is 45.2 Å². The minimum absolute atomic E-state index is 0.00444. The SMILES string of the molecule is CCCN(CCCCCCNCCNc1ccccc1OC)[C@H]1CCc2c(ccc(O)c2O)C1. The van der Waals surface area contributed by atoms with Crippen molar-refractivity contribution in [2.45, 2.75) is 64.3 Å². The van der Waals surface area contributed by atoms with Gasteiger partial charge in [-0.2, -0.15) is 0 Å². The van der Waals surface area contributed by atoms with E-state index < -0.39 is 0 Å². The van der Waals surface area contributed by atoms with E-state index in [1.54, 1.807) is 13.2 Å². The second-order valence-corrected chi connectivity index (χ2v) is 9.29. The van der Waals surface area contributed by atoms with E-state index in [0.29, 0.717) is 6.04 Å². The van der Waals surface area contributed by atoms with Crippen LogP contribution in [-0.4, -0.2) is 61.0 Å². The molecule has 0 aliphatic heterocycles. The van der Waals surface area contributed by atoms with Gasteiger partial charge in [-0.05, 0) is 81.9 Å². The Morgan fingerprint density at radius 2 is 1.79 bits per heavy atom. The van der Waals surface area contributed by atoms with Gasteiger partial charge in [-0.3, -0.25) is 0 Å². The first-order valence-electron chi connectivity index (χ1n) is 13.0. The van der Waals surface area contributed by atoms with E-state index in [0.717, 1.165) is 75.4 Å². The highest BCUT2D eigenvalue weighted by atomic mass is 16.5. The van der Waals surface area contributed by atoms with Crippen LogP contribution < -0.4 is 15.4 Å². The molecule has 1 aliphatic rings. The van der Waals surface area contributed by atoms with Crippen molar-refractivity contribution in [1.29, 1.82) is 0 Å². The molecular formula is C28H43N3O3. The van der Waals surface area contributed by atoms with Crippen LogP contribution in [0.15, 0.2) is 36.4 Å². The molecule has 1 aliphatic carbocycles. The van der Waals surface area contributed by atoms with Gasteiger partial charge in [0.15, 0.2) is 11.5 Å². The number of unbranched alkanes of at least 4 members (excludes halogenated alkanes) is 3. The van der Waals surface area contributed by atoms with E-state index in [1.807, 2.05) is 30.3 Å². The molecule has 0 amide bonds. The van der Waals surface area contributed by atoms with E-state index in [9.17, 15) is 10.2 Å². The highest BCUT2D eigenvalue weighted by molar-refractivity contribution is 5.56. The standard InChI is InChI=1S/C28H43N3O3/c1-3-19-31(23-13-14-24-22(21-23)12-15-26(32)28(24)33)20-9-5-4-8-16-29-17-18-30-25-10-6-7-11-27(25)34-2/h6-7,10-12,15,23,29-30,32-33H,3-5,8-9,13-14,16-21H2,1-2H3/t23-/m0/s1. The molecule has 0 fully saturated rings. The number of rotatable bonds is 15. The second-order valence-electron chi connectivity index (χ2n) is 9.29. The van der Waals surface area contributed by atoms with E-state index in [1.165, 1.54) is 31.2 Å². The fourth-order valence-electron chi connectivity index (χ4n) is 5.00. The lowest BCUT2D eigenvalue weighted by Gasteiger charge is -2.35. The molecule has 0 saturated heterocycles. The van der Waals surface area contributed by atoms with Crippen molar-refractivity contribution in [3.05, 3.63) is 47.5 Å². The van der Waals surface area contributed by atoms with Crippen LogP contribution in [0.4, 0.5) is 5.69 Å².